The number of aromatic nitrogens is 2. The van der Waals surface area contributed by atoms with Crippen molar-refractivity contribution in [3.63, 3.8) is 0 Å². The zero-order chi connectivity index (χ0) is 21.3. The number of aryl methyl sites for hydroxylation is 1. The largest absolute Gasteiger partial charge is 0.513 e. The van der Waals surface area contributed by atoms with Gasteiger partial charge < -0.3 is 10.0 Å². The maximum atomic E-state index is 15.1. The molecule has 4 nitrogen and oxygen atoms in total. The van der Waals surface area contributed by atoms with Gasteiger partial charge in [0.05, 0.1) is 11.5 Å². The molecule has 30 heavy (non-hydrogen) atoms. The van der Waals surface area contributed by atoms with E-state index in [1.165, 1.54) is 0 Å². The number of hydrogen-bond donors (Lipinski definition) is 1. The number of allylic oxidation sites excluding steroid dienone is 1. The van der Waals surface area contributed by atoms with Gasteiger partial charge in [0.25, 0.3) is 0 Å². The van der Waals surface area contributed by atoms with Gasteiger partial charge in [0.15, 0.2) is 0 Å². The molecule has 0 unspecified atom stereocenters. The highest BCUT2D eigenvalue weighted by atomic mass is 19.3. The molecular formula is C24H29F2N3O. The Bertz CT molecular complexity index is 952. The van der Waals surface area contributed by atoms with Crippen molar-refractivity contribution < 1.29 is 13.9 Å². The van der Waals surface area contributed by atoms with Crippen LogP contribution in [0.1, 0.15) is 67.5 Å². The number of unbranched alkanes of at least 4 members (excludes halogenated alkanes) is 2. The van der Waals surface area contributed by atoms with Gasteiger partial charge in [-0.2, -0.15) is 8.78 Å². The van der Waals surface area contributed by atoms with Crippen LogP contribution >= 0.6 is 0 Å². The fourth-order valence-corrected chi connectivity index (χ4v) is 4.47. The van der Waals surface area contributed by atoms with Gasteiger partial charge in [0.2, 0.25) is 5.82 Å². The molecule has 2 aliphatic rings. The number of hydrogen-bond acceptors (Lipinski definition) is 4. The first kappa shape index (κ1) is 20.8. The van der Waals surface area contributed by atoms with E-state index in [4.69, 9.17) is 5.11 Å². The molecule has 1 saturated heterocycles. The molecule has 1 aromatic heterocycles. The summed E-state index contributed by atoms with van der Waals surface area (Å²) < 4.78 is 30.2. The third kappa shape index (κ3) is 4.18. The number of nitrogens with zero attached hydrogens (tertiary/aromatic N) is 3. The van der Waals surface area contributed by atoms with Gasteiger partial charge in [-0.25, -0.2) is 9.97 Å². The molecule has 160 valence electrons. The molecule has 2 aromatic rings. The lowest BCUT2D eigenvalue weighted by atomic mass is 10.1. The normalized spacial score (nSPS) is 15.4. The van der Waals surface area contributed by atoms with Crippen molar-refractivity contribution in [3.05, 3.63) is 53.1 Å². The summed E-state index contributed by atoms with van der Waals surface area (Å²) in [6.45, 7) is 7.19. The summed E-state index contributed by atoms with van der Waals surface area (Å²) >= 11 is 0. The Kier molecular flexibility index (Phi) is 5.76. The number of aliphatic hydroxyl groups is 1. The Morgan fingerprint density at radius 3 is 2.67 bits per heavy atom. The lowest BCUT2D eigenvalue weighted by Gasteiger charge is -2.23. The molecule has 0 atom stereocenters. The van der Waals surface area contributed by atoms with Crippen LogP contribution in [0.5, 0.6) is 0 Å². The molecular weight excluding hydrogens is 384 g/mol. The Balaban J connectivity index is 1.64. The van der Waals surface area contributed by atoms with E-state index in [0.717, 1.165) is 48.2 Å². The SMILES string of the molecule is C=C(O)CCCCCC(F)(F)c1nc2c(c(N3CCCC3)n1)Cc1cc(C)ccc1-2. The summed E-state index contributed by atoms with van der Waals surface area (Å²) in [5.74, 6) is -2.64. The van der Waals surface area contributed by atoms with E-state index in [1.807, 2.05) is 19.1 Å². The standard InChI is InChI=1S/C24H29F2N3O/c1-16-9-10-19-18(14-16)15-20-21(19)27-23(28-22(20)29-12-6-7-13-29)24(25,26)11-5-3-4-8-17(2)30/h9-10,14,30H,2-8,11-13,15H2,1H3. The van der Waals surface area contributed by atoms with Gasteiger partial charge in [0, 0.05) is 43.5 Å². The lowest BCUT2D eigenvalue weighted by molar-refractivity contribution is -0.0246. The predicted molar refractivity (Wildman–Crippen MR) is 115 cm³/mol. The molecule has 0 amide bonds. The van der Waals surface area contributed by atoms with Crippen molar-refractivity contribution >= 4 is 5.82 Å². The van der Waals surface area contributed by atoms with E-state index in [-0.39, 0.29) is 18.0 Å². The molecule has 1 fully saturated rings. The molecule has 2 heterocycles. The van der Waals surface area contributed by atoms with Gasteiger partial charge in [-0.1, -0.05) is 36.8 Å². The minimum absolute atomic E-state index is 0.105. The average molecular weight is 414 g/mol. The summed E-state index contributed by atoms with van der Waals surface area (Å²) in [7, 11) is 0. The van der Waals surface area contributed by atoms with E-state index >= 15 is 8.78 Å². The smallest absolute Gasteiger partial charge is 0.306 e. The molecule has 1 N–H and O–H groups in total. The molecule has 1 aliphatic carbocycles. The molecule has 0 spiro atoms. The van der Waals surface area contributed by atoms with Crippen LogP contribution in [0, 0.1) is 6.92 Å². The topological polar surface area (TPSA) is 49.3 Å². The van der Waals surface area contributed by atoms with E-state index in [0.29, 0.717) is 43.6 Å². The summed E-state index contributed by atoms with van der Waals surface area (Å²) in [6, 6.07) is 6.14. The van der Waals surface area contributed by atoms with Crippen LogP contribution in [-0.4, -0.2) is 28.2 Å². The van der Waals surface area contributed by atoms with Gasteiger partial charge in [-0.05, 0) is 38.2 Å². The fraction of sp³-hybridized carbons (Fsp3) is 0.500. The summed E-state index contributed by atoms with van der Waals surface area (Å²) in [5.41, 5.74) is 4.92. The Morgan fingerprint density at radius 2 is 1.93 bits per heavy atom. The maximum absolute atomic E-state index is 15.1. The Hall–Kier alpha value is -2.50. The predicted octanol–water partition coefficient (Wildman–Crippen LogP) is 6.07. The van der Waals surface area contributed by atoms with E-state index in [1.54, 1.807) is 0 Å². The average Bonchev–Trinajstić information content (AvgIpc) is 3.34. The van der Waals surface area contributed by atoms with Crippen LogP contribution in [0.2, 0.25) is 0 Å². The van der Waals surface area contributed by atoms with Crippen LogP contribution in [0.25, 0.3) is 11.3 Å². The Morgan fingerprint density at radius 1 is 1.17 bits per heavy atom. The lowest BCUT2D eigenvalue weighted by Crippen LogP contribution is -2.25. The van der Waals surface area contributed by atoms with Crippen molar-refractivity contribution in [3.8, 4) is 11.3 Å². The van der Waals surface area contributed by atoms with Crippen molar-refractivity contribution in [2.24, 2.45) is 0 Å². The van der Waals surface area contributed by atoms with E-state index < -0.39 is 5.92 Å². The van der Waals surface area contributed by atoms with E-state index in [9.17, 15) is 0 Å². The summed E-state index contributed by atoms with van der Waals surface area (Å²) in [5, 5.41) is 9.14. The first-order valence-corrected chi connectivity index (χ1v) is 10.9. The van der Waals surface area contributed by atoms with Crippen molar-refractivity contribution in [2.45, 2.75) is 64.2 Å². The van der Waals surface area contributed by atoms with E-state index in [2.05, 4.69) is 27.5 Å². The summed E-state index contributed by atoms with van der Waals surface area (Å²) in [4.78, 5) is 11.0. The van der Waals surface area contributed by atoms with Crippen LogP contribution < -0.4 is 4.90 Å². The highest BCUT2D eigenvalue weighted by Crippen LogP contribution is 2.43. The molecule has 1 aromatic carbocycles. The number of fused-ring (bicyclic) bond motifs is 3. The Labute approximate surface area is 176 Å². The molecule has 0 bridgehead atoms. The zero-order valence-electron chi connectivity index (χ0n) is 17.6. The molecule has 4 rings (SSSR count). The second-order valence-electron chi connectivity index (χ2n) is 8.56. The number of alkyl halides is 2. The number of aliphatic hydroxyl groups excluding tert-OH is 1. The maximum Gasteiger partial charge on any atom is 0.306 e. The second-order valence-corrected chi connectivity index (χ2v) is 8.56. The van der Waals surface area contributed by atoms with Crippen LogP contribution in [0.4, 0.5) is 14.6 Å². The third-order valence-corrected chi connectivity index (χ3v) is 6.06. The van der Waals surface area contributed by atoms with Gasteiger partial charge in [-0.3, -0.25) is 0 Å². The zero-order valence-corrected chi connectivity index (χ0v) is 17.6. The molecule has 6 heteroatoms. The van der Waals surface area contributed by atoms with Crippen molar-refractivity contribution in [2.75, 3.05) is 18.0 Å². The first-order valence-electron chi connectivity index (χ1n) is 10.9. The van der Waals surface area contributed by atoms with Crippen molar-refractivity contribution in [1.29, 1.82) is 0 Å². The summed E-state index contributed by atoms with van der Waals surface area (Å²) in [6.07, 6.45) is 4.62. The van der Waals surface area contributed by atoms with Gasteiger partial charge in [-0.15, -0.1) is 0 Å². The minimum Gasteiger partial charge on any atom is -0.513 e. The van der Waals surface area contributed by atoms with Crippen LogP contribution in [0.3, 0.4) is 0 Å². The fourth-order valence-electron chi connectivity index (χ4n) is 4.47. The monoisotopic (exact) mass is 413 g/mol. The van der Waals surface area contributed by atoms with Crippen LogP contribution in [-0.2, 0) is 12.3 Å². The van der Waals surface area contributed by atoms with Gasteiger partial charge >= 0.3 is 5.92 Å². The highest BCUT2D eigenvalue weighted by molar-refractivity contribution is 5.78. The second kappa shape index (κ2) is 8.32. The van der Waals surface area contributed by atoms with Crippen molar-refractivity contribution in [1.82, 2.24) is 9.97 Å². The number of rotatable bonds is 8. The van der Waals surface area contributed by atoms with Crippen LogP contribution in [0.15, 0.2) is 30.5 Å². The number of anilines is 1. The highest BCUT2D eigenvalue weighted by Gasteiger charge is 2.38. The number of halogens is 2. The minimum atomic E-state index is -3.08. The quantitative estimate of drug-likeness (QED) is 0.360. The molecule has 1 aliphatic heterocycles. The number of benzene rings is 1. The first-order chi connectivity index (χ1) is 14.3. The van der Waals surface area contributed by atoms with Gasteiger partial charge in [0.1, 0.15) is 5.82 Å². The molecule has 0 saturated carbocycles. The molecule has 0 radical (unpaired) electrons. The third-order valence-electron chi connectivity index (χ3n) is 6.06.